The van der Waals surface area contributed by atoms with Crippen molar-refractivity contribution >= 4 is 15.9 Å². The lowest BCUT2D eigenvalue weighted by Crippen LogP contribution is -2.18. The standard InChI is InChI=1S/C18H23BrN2O4/c1-11-18(23)14(13(10-22)8-21-11)9-20-5-4-12-6-17(25-3)15(19)7-16(12)24-2/h6-8,20,22-23H,4-5,9-10H2,1-3H3. The van der Waals surface area contributed by atoms with Crippen molar-refractivity contribution in [3.63, 3.8) is 0 Å². The summed E-state index contributed by atoms with van der Waals surface area (Å²) in [6, 6.07) is 3.83. The average molecular weight is 411 g/mol. The van der Waals surface area contributed by atoms with E-state index in [0.29, 0.717) is 29.9 Å². The zero-order chi connectivity index (χ0) is 18.4. The Bertz CT molecular complexity index is 738. The second-order valence-electron chi connectivity index (χ2n) is 5.58. The van der Waals surface area contributed by atoms with Crippen molar-refractivity contribution in [2.45, 2.75) is 26.5 Å². The fraction of sp³-hybridized carbons (Fsp3) is 0.389. The largest absolute Gasteiger partial charge is 0.506 e. The molecular formula is C18H23BrN2O4. The zero-order valence-electron chi connectivity index (χ0n) is 14.6. The number of benzene rings is 1. The van der Waals surface area contributed by atoms with E-state index in [2.05, 4.69) is 26.2 Å². The molecule has 2 rings (SSSR count). The van der Waals surface area contributed by atoms with Gasteiger partial charge in [0.1, 0.15) is 17.2 Å². The number of halogens is 1. The van der Waals surface area contributed by atoms with Gasteiger partial charge in [0.05, 0.1) is 31.0 Å². The first-order chi connectivity index (χ1) is 12.0. The molecule has 0 saturated heterocycles. The van der Waals surface area contributed by atoms with Crippen LogP contribution in [0.5, 0.6) is 17.2 Å². The number of aromatic nitrogens is 1. The van der Waals surface area contributed by atoms with Gasteiger partial charge in [-0.2, -0.15) is 0 Å². The first-order valence-corrected chi connectivity index (χ1v) is 8.69. The Morgan fingerprint density at radius 2 is 1.88 bits per heavy atom. The summed E-state index contributed by atoms with van der Waals surface area (Å²) in [5.41, 5.74) is 2.87. The quantitative estimate of drug-likeness (QED) is 0.580. The van der Waals surface area contributed by atoms with Crippen molar-refractivity contribution < 1.29 is 19.7 Å². The highest BCUT2D eigenvalue weighted by molar-refractivity contribution is 9.10. The fourth-order valence-electron chi connectivity index (χ4n) is 2.57. The number of nitrogens with zero attached hydrogens (tertiary/aromatic N) is 1. The Balaban J connectivity index is 2.04. The van der Waals surface area contributed by atoms with Gasteiger partial charge in [0, 0.05) is 23.9 Å². The summed E-state index contributed by atoms with van der Waals surface area (Å²) in [5.74, 6) is 1.66. The normalized spacial score (nSPS) is 10.8. The number of rotatable bonds is 8. The van der Waals surface area contributed by atoms with E-state index in [1.54, 1.807) is 27.3 Å². The number of aliphatic hydroxyl groups is 1. The molecule has 136 valence electrons. The van der Waals surface area contributed by atoms with Crippen molar-refractivity contribution in [3.8, 4) is 17.2 Å². The zero-order valence-corrected chi connectivity index (χ0v) is 16.2. The molecular weight excluding hydrogens is 388 g/mol. The highest BCUT2D eigenvalue weighted by atomic mass is 79.9. The number of aromatic hydroxyl groups is 1. The number of ether oxygens (including phenoxy) is 2. The molecule has 1 heterocycles. The summed E-state index contributed by atoms with van der Waals surface area (Å²) in [5, 5.41) is 22.8. The lowest BCUT2D eigenvalue weighted by Gasteiger charge is -2.14. The predicted octanol–water partition coefficient (Wildman–Crippen LogP) is 2.70. The summed E-state index contributed by atoms with van der Waals surface area (Å²) in [6.07, 6.45) is 2.32. The first-order valence-electron chi connectivity index (χ1n) is 7.90. The van der Waals surface area contributed by atoms with Gasteiger partial charge in [-0.1, -0.05) is 0 Å². The molecule has 6 nitrogen and oxygen atoms in total. The molecule has 0 amide bonds. The molecule has 0 aliphatic rings. The summed E-state index contributed by atoms with van der Waals surface area (Å²) in [6.45, 7) is 2.70. The van der Waals surface area contributed by atoms with E-state index in [-0.39, 0.29) is 12.4 Å². The number of hydrogen-bond donors (Lipinski definition) is 3. The van der Waals surface area contributed by atoms with Gasteiger partial charge >= 0.3 is 0 Å². The molecule has 0 unspecified atom stereocenters. The van der Waals surface area contributed by atoms with Gasteiger partial charge < -0.3 is 25.0 Å². The van der Waals surface area contributed by atoms with Gasteiger partial charge in [-0.3, -0.25) is 4.98 Å². The number of aliphatic hydroxyl groups excluding tert-OH is 1. The van der Waals surface area contributed by atoms with E-state index in [4.69, 9.17) is 9.47 Å². The lowest BCUT2D eigenvalue weighted by atomic mass is 10.1. The molecule has 7 heteroatoms. The van der Waals surface area contributed by atoms with Crippen molar-refractivity contribution in [2.75, 3.05) is 20.8 Å². The minimum absolute atomic E-state index is 0.127. The first kappa shape index (κ1) is 19.5. The molecule has 0 spiro atoms. The molecule has 1 aromatic carbocycles. The maximum absolute atomic E-state index is 10.2. The minimum Gasteiger partial charge on any atom is -0.506 e. The number of aryl methyl sites for hydroxylation is 1. The third-order valence-corrected chi connectivity index (χ3v) is 4.65. The Labute approximate surface area is 155 Å². The minimum atomic E-state index is -0.157. The highest BCUT2D eigenvalue weighted by Gasteiger charge is 2.12. The molecule has 3 N–H and O–H groups in total. The van der Waals surface area contributed by atoms with E-state index in [1.165, 1.54) is 0 Å². The molecule has 0 aliphatic heterocycles. The second kappa shape index (κ2) is 9.03. The average Bonchev–Trinajstić information content (AvgIpc) is 2.62. The van der Waals surface area contributed by atoms with Gasteiger partial charge in [-0.25, -0.2) is 0 Å². The summed E-state index contributed by atoms with van der Waals surface area (Å²) in [4.78, 5) is 4.06. The number of nitrogens with one attached hydrogen (secondary N) is 1. The Hall–Kier alpha value is -1.83. The topological polar surface area (TPSA) is 83.8 Å². The summed E-state index contributed by atoms with van der Waals surface area (Å²) >= 11 is 3.45. The third kappa shape index (κ3) is 4.62. The molecule has 0 atom stereocenters. The maximum Gasteiger partial charge on any atom is 0.141 e. The van der Waals surface area contributed by atoms with Crippen LogP contribution in [0.2, 0.25) is 0 Å². The van der Waals surface area contributed by atoms with Crippen LogP contribution in [0.3, 0.4) is 0 Å². The Morgan fingerprint density at radius 1 is 1.16 bits per heavy atom. The monoisotopic (exact) mass is 410 g/mol. The van der Waals surface area contributed by atoms with Gasteiger partial charge in [-0.15, -0.1) is 0 Å². The van der Waals surface area contributed by atoms with Crippen LogP contribution in [0, 0.1) is 6.92 Å². The lowest BCUT2D eigenvalue weighted by molar-refractivity contribution is 0.278. The molecule has 25 heavy (non-hydrogen) atoms. The highest BCUT2D eigenvalue weighted by Crippen LogP contribution is 2.33. The van der Waals surface area contributed by atoms with Crippen molar-refractivity contribution in [1.29, 1.82) is 0 Å². The van der Waals surface area contributed by atoms with E-state index in [9.17, 15) is 10.2 Å². The molecule has 1 aromatic heterocycles. The van der Waals surface area contributed by atoms with Crippen LogP contribution in [0.15, 0.2) is 22.8 Å². The predicted molar refractivity (Wildman–Crippen MR) is 99.2 cm³/mol. The Morgan fingerprint density at radius 3 is 2.52 bits per heavy atom. The van der Waals surface area contributed by atoms with Crippen molar-refractivity contribution in [1.82, 2.24) is 10.3 Å². The van der Waals surface area contributed by atoms with Crippen molar-refractivity contribution in [2.24, 2.45) is 0 Å². The van der Waals surface area contributed by atoms with Gasteiger partial charge in [-0.05, 0) is 53.5 Å². The molecule has 0 radical (unpaired) electrons. The van der Waals surface area contributed by atoms with Gasteiger partial charge in [0.25, 0.3) is 0 Å². The fourth-order valence-corrected chi connectivity index (χ4v) is 3.06. The molecule has 0 saturated carbocycles. The number of hydrogen-bond acceptors (Lipinski definition) is 6. The van der Waals surface area contributed by atoms with Crippen LogP contribution in [0.4, 0.5) is 0 Å². The van der Waals surface area contributed by atoms with E-state index < -0.39 is 0 Å². The Kier molecular flexibility index (Phi) is 7.04. The van der Waals surface area contributed by atoms with Crippen molar-refractivity contribution in [3.05, 3.63) is 45.2 Å². The maximum atomic E-state index is 10.2. The molecule has 0 bridgehead atoms. The van der Waals surface area contributed by atoms with Crippen LogP contribution in [0.1, 0.15) is 22.4 Å². The summed E-state index contributed by atoms with van der Waals surface area (Å²) in [7, 11) is 3.26. The van der Waals surface area contributed by atoms with E-state index in [0.717, 1.165) is 28.0 Å². The number of methoxy groups -OCH3 is 2. The van der Waals surface area contributed by atoms with Crippen LogP contribution in [0.25, 0.3) is 0 Å². The van der Waals surface area contributed by atoms with E-state index >= 15 is 0 Å². The number of pyridine rings is 1. The van der Waals surface area contributed by atoms with Crippen LogP contribution >= 0.6 is 15.9 Å². The third-order valence-electron chi connectivity index (χ3n) is 4.03. The molecule has 2 aromatic rings. The SMILES string of the molecule is COc1cc(CCNCc2c(CO)cnc(C)c2O)c(OC)cc1Br. The molecule has 0 fully saturated rings. The smallest absolute Gasteiger partial charge is 0.141 e. The van der Waals surface area contributed by atoms with Gasteiger partial charge in [0.2, 0.25) is 0 Å². The second-order valence-corrected chi connectivity index (χ2v) is 6.43. The van der Waals surface area contributed by atoms with E-state index in [1.807, 2.05) is 12.1 Å². The van der Waals surface area contributed by atoms with Crippen LogP contribution < -0.4 is 14.8 Å². The summed E-state index contributed by atoms with van der Waals surface area (Å²) < 4.78 is 11.6. The van der Waals surface area contributed by atoms with Gasteiger partial charge in [0.15, 0.2) is 0 Å². The van der Waals surface area contributed by atoms with Crippen LogP contribution in [-0.4, -0.2) is 36.0 Å². The molecule has 0 aliphatic carbocycles. The van der Waals surface area contributed by atoms with Crippen LogP contribution in [-0.2, 0) is 19.6 Å².